The Morgan fingerprint density at radius 1 is 0.450 bits per heavy atom. The lowest BCUT2D eigenvalue weighted by atomic mass is 10.0. The molecule has 0 aromatic carbocycles. The predicted octanol–water partition coefficient (Wildman–Crippen LogP) is 10.8. The first kappa shape index (κ1) is 38.9. The van der Waals surface area contributed by atoms with Crippen molar-refractivity contribution in [1.29, 1.82) is 0 Å². The molecule has 0 aromatic rings. The number of aliphatic carboxylic acids is 1. The third-order valence-corrected chi connectivity index (χ3v) is 8.32. The molecule has 0 spiro atoms. The molecule has 40 heavy (non-hydrogen) atoms. The third-order valence-electron chi connectivity index (χ3n) is 8.32. The van der Waals surface area contributed by atoms with Crippen LogP contribution >= 0.6 is 0 Å². The number of carboxylic acid groups (broad SMARTS) is 1. The van der Waals surface area contributed by atoms with Crippen molar-refractivity contribution in [2.45, 2.75) is 219 Å². The molecule has 238 valence electrons. The Hall–Kier alpha value is -1.06. The fraction of sp³-hybridized carbons (Fsp3) is 0.944. The highest BCUT2D eigenvalue weighted by atomic mass is 16.5. The lowest BCUT2D eigenvalue weighted by molar-refractivity contribution is -0.305. The minimum atomic E-state index is -0.927. The SMILES string of the molecule is CCCCCCCCCCCCCCCCCC(=O)OC(CCCCC)CCCCCCCCCCCC(=O)[O-]. The van der Waals surface area contributed by atoms with Crippen molar-refractivity contribution in [2.75, 3.05) is 0 Å². The van der Waals surface area contributed by atoms with Gasteiger partial charge >= 0.3 is 5.97 Å². The van der Waals surface area contributed by atoms with Gasteiger partial charge in [0.15, 0.2) is 0 Å². The van der Waals surface area contributed by atoms with Gasteiger partial charge in [-0.05, 0) is 44.9 Å². The molecule has 0 saturated carbocycles. The number of rotatable bonds is 33. The average Bonchev–Trinajstić information content (AvgIpc) is 2.93. The zero-order valence-electron chi connectivity index (χ0n) is 27.1. The number of ether oxygens (including phenoxy) is 1. The van der Waals surface area contributed by atoms with Gasteiger partial charge in [0.25, 0.3) is 0 Å². The molecule has 0 fully saturated rings. The lowest BCUT2D eigenvalue weighted by Gasteiger charge is -2.18. The van der Waals surface area contributed by atoms with Crippen molar-refractivity contribution < 1.29 is 19.4 Å². The van der Waals surface area contributed by atoms with Gasteiger partial charge < -0.3 is 14.6 Å². The predicted molar refractivity (Wildman–Crippen MR) is 169 cm³/mol. The van der Waals surface area contributed by atoms with E-state index in [0.717, 1.165) is 57.8 Å². The molecule has 0 amide bonds. The van der Waals surface area contributed by atoms with Crippen LogP contribution in [-0.4, -0.2) is 18.0 Å². The Balaban J connectivity index is 3.70. The zero-order valence-corrected chi connectivity index (χ0v) is 27.1. The van der Waals surface area contributed by atoms with Crippen LogP contribution in [0.3, 0.4) is 0 Å². The largest absolute Gasteiger partial charge is 0.550 e. The van der Waals surface area contributed by atoms with E-state index in [0.29, 0.717) is 6.42 Å². The highest BCUT2D eigenvalue weighted by molar-refractivity contribution is 5.69. The van der Waals surface area contributed by atoms with Crippen LogP contribution in [0, 0.1) is 0 Å². The van der Waals surface area contributed by atoms with E-state index in [9.17, 15) is 14.7 Å². The minimum absolute atomic E-state index is 0.0230. The number of unbranched alkanes of at least 4 members (excludes halogenated alkanes) is 24. The summed E-state index contributed by atoms with van der Waals surface area (Å²) in [5.41, 5.74) is 0. The third kappa shape index (κ3) is 31.5. The summed E-state index contributed by atoms with van der Waals surface area (Å²) in [5, 5.41) is 10.4. The molecule has 0 aliphatic carbocycles. The van der Waals surface area contributed by atoms with Gasteiger partial charge in [-0.1, -0.05) is 162 Å². The molecule has 0 heterocycles. The maximum atomic E-state index is 12.5. The molecule has 4 heteroatoms. The summed E-state index contributed by atoms with van der Waals surface area (Å²) in [6, 6.07) is 0. The van der Waals surface area contributed by atoms with Crippen molar-refractivity contribution in [3.05, 3.63) is 0 Å². The number of hydrogen-bond donors (Lipinski definition) is 0. The lowest BCUT2D eigenvalue weighted by Crippen LogP contribution is -2.21. The van der Waals surface area contributed by atoms with E-state index in [1.54, 1.807) is 0 Å². The van der Waals surface area contributed by atoms with Gasteiger partial charge in [-0.3, -0.25) is 4.79 Å². The summed E-state index contributed by atoms with van der Waals surface area (Å²) in [6.45, 7) is 4.51. The molecule has 0 aromatic heterocycles. The van der Waals surface area contributed by atoms with E-state index in [1.165, 1.54) is 128 Å². The van der Waals surface area contributed by atoms with E-state index in [1.807, 2.05) is 0 Å². The second-order valence-corrected chi connectivity index (χ2v) is 12.4. The van der Waals surface area contributed by atoms with Crippen LogP contribution in [-0.2, 0) is 14.3 Å². The van der Waals surface area contributed by atoms with Crippen LogP contribution in [0.4, 0.5) is 0 Å². The highest BCUT2D eigenvalue weighted by Gasteiger charge is 2.14. The first-order valence-corrected chi connectivity index (χ1v) is 18.0. The molecule has 4 nitrogen and oxygen atoms in total. The monoisotopic (exact) mass is 566 g/mol. The summed E-state index contributed by atoms with van der Waals surface area (Å²) in [6.07, 6.45) is 36.8. The van der Waals surface area contributed by atoms with Gasteiger partial charge in [-0.15, -0.1) is 0 Å². The average molecular weight is 566 g/mol. The van der Waals surface area contributed by atoms with Crippen LogP contribution < -0.4 is 5.11 Å². The van der Waals surface area contributed by atoms with Crippen molar-refractivity contribution in [3.63, 3.8) is 0 Å². The van der Waals surface area contributed by atoms with Gasteiger partial charge in [0.05, 0.1) is 0 Å². The zero-order chi connectivity index (χ0) is 29.4. The molecule has 0 bridgehead atoms. The second kappa shape index (κ2) is 32.5. The summed E-state index contributed by atoms with van der Waals surface area (Å²) in [7, 11) is 0. The summed E-state index contributed by atoms with van der Waals surface area (Å²) in [5.74, 6) is -0.904. The van der Waals surface area contributed by atoms with Gasteiger partial charge in [-0.2, -0.15) is 0 Å². The van der Waals surface area contributed by atoms with Crippen molar-refractivity contribution in [2.24, 2.45) is 0 Å². The quantitative estimate of drug-likeness (QED) is 0.0586. The van der Waals surface area contributed by atoms with Crippen LogP contribution in [0.1, 0.15) is 213 Å². The van der Waals surface area contributed by atoms with Gasteiger partial charge in [0.2, 0.25) is 0 Å². The van der Waals surface area contributed by atoms with Gasteiger partial charge in [-0.25, -0.2) is 0 Å². The molecule has 1 atom stereocenters. The second-order valence-electron chi connectivity index (χ2n) is 12.4. The molecule has 0 rings (SSSR count). The molecular formula is C36H69O4-. The summed E-state index contributed by atoms with van der Waals surface area (Å²) >= 11 is 0. The number of carboxylic acids is 1. The normalized spacial score (nSPS) is 12.1. The molecule has 0 aliphatic rings. The van der Waals surface area contributed by atoms with Crippen LogP contribution in [0.25, 0.3) is 0 Å². The Kier molecular flexibility index (Phi) is 31.6. The topological polar surface area (TPSA) is 66.4 Å². The first-order valence-electron chi connectivity index (χ1n) is 18.0. The maximum absolute atomic E-state index is 12.5. The van der Waals surface area contributed by atoms with E-state index < -0.39 is 5.97 Å². The van der Waals surface area contributed by atoms with Crippen LogP contribution in [0.2, 0.25) is 0 Å². The minimum Gasteiger partial charge on any atom is -0.550 e. The van der Waals surface area contributed by atoms with Crippen molar-refractivity contribution in [1.82, 2.24) is 0 Å². The Labute approximate surface area is 250 Å². The van der Waals surface area contributed by atoms with E-state index in [2.05, 4.69) is 13.8 Å². The van der Waals surface area contributed by atoms with Gasteiger partial charge in [0, 0.05) is 12.4 Å². The molecule has 0 N–H and O–H groups in total. The fourth-order valence-corrected chi connectivity index (χ4v) is 5.65. The van der Waals surface area contributed by atoms with E-state index in [-0.39, 0.29) is 18.5 Å². The Bertz CT molecular complexity index is 533. The molecule has 0 radical (unpaired) electrons. The molecule has 0 aliphatic heterocycles. The molecular weight excluding hydrogens is 496 g/mol. The molecule has 1 unspecified atom stereocenters. The molecule has 0 saturated heterocycles. The maximum Gasteiger partial charge on any atom is 0.306 e. The van der Waals surface area contributed by atoms with Crippen LogP contribution in [0.5, 0.6) is 0 Å². The van der Waals surface area contributed by atoms with Crippen molar-refractivity contribution in [3.8, 4) is 0 Å². The van der Waals surface area contributed by atoms with Crippen LogP contribution in [0.15, 0.2) is 0 Å². The smallest absolute Gasteiger partial charge is 0.306 e. The Morgan fingerprint density at radius 3 is 1.15 bits per heavy atom. The van der Waals surface area contributed by atoms with Crippen molar-refractivity contribution >= 4 is 11.9 Å². The summed E-state index contributed by atoms with van der Waals surface area (Å²) in [4.78, 5) is 22.9. The highest BCUT2D eigenvalue weighted by Crippen LogP contribution is 2.18. The first-order chi connectivity index (χ1) is 19.6. The van der Waals surface area contributed by atoms with Gasteiger partial charge in [0.1, 0.15) is 6.10 Å². The van der Waals surface area contributed by atoms with E-state index in [4.69, 9.17) is 4.74 Å². The number of hydrogen-bond acceptors (Lipinski definition) is 4. The fourth-order valence-electron chi connectivity index (χ4n) is 5.65. The summed E-state index contributed by atoms with van der Waals surface area (Å²) < 4.78 is 5.93. The number of carbonyl (C=O) groups is 2. The standard InChI is InChI=1S/C36H70O4/c1-3-5-7-8-9-10-11-12-13-14-15-19-22-25-29-33-36(39)40-34(30-26-6-4-2)31-27-23-20-17-16-18-21-24-28-32-35(37)38/h34H,3-33H2,1-2H3,(H,37,38)/p-1. The number of esters is 1. The van der Waals surface area contributed by atoms with E-state index >= 15 is 0 Å². The Morgan fingerprint density at radius 2 is 0.750 bits per heavy atom. The number of carbonyl (C=O) groups excluding carboxylic acids is 2.